The van der Waals surface area contributed by atoms with Crippen molar-refractivity contribution in [3.05, 3.63) is 35.4 Å². The summed E-state index contributed by atoms with van der Waals surface area (Å²) in [6.45, 7) is 7.03. The van der Waals surface area contributed by atoms with Crippen LogP contribution >= 0.6 is 7.92 Å². The first-order chi connectivity index (χ1) is 9.22. The van der Waals surface area contributed by atoms with Crippen LogP contribution in [0.4, 0.5) is 0 Å². The van der Waals surface area contributed by atoms with Crippen molar-refractivity contribution >= 4 is 7.92 Å². The molecule has 0 aliphatic rings. The zero-order chi connectivity index (χ0) is 13.9. The van der Waals surface area contributed by atoms with E-state index in [0.717, 1.165) is 0 Å². The zero-order valence-electron chi connectivity index (χ0n) is 13.1. The van der Waals surface area contributed by atoms with Gasteiger partial charge in [-0.15, -0.1) is 7.92 Å². The van der Waals surface area contributed by atoms with Crippen LogP contribution in [0.15, 0.2) is 24.3 Å². The Labute approximate surface area is 121 Å². The first-order valence-electron chi connectivity index (χ1n) is 7.95. The van der Waals surface area contributed by atoms with E-state index in [1.165, 1.54) is 68.7 Å². The molecule has 0 radical (unpaired) electrons. The number of hydrogen-bond acceptors (Lipinski definition) is 0. The molecule has 1 rings (SSSR count). The van der Waals surface area contributed by atoms with E-state index in [4.69, 9.17) is 0 Å². The summed E-state index contributed by atoms with van der Waals surface area (Å²) in [5.74, 6) is 0. The van der Waals surface area contributed by atoms with Gasteiger partial charge in [-0.3, -0.25) is 0 Å². The van der Waals surface area contributed by atoms with Gasteiger partial charge in [-0.2, -0.15) is 0 Å². The SMILES string of the molecule is CCCCCCc1ccc(CCCCP(C)C)cc1. The fraction of sp³-hybridized carbons (Fsp3) is 0.667. The molecule has 1 aromatic carbocycles. The summed E-state index contributed by atoms with van der Waals surface area (Å²) in [6.07, 6.45) is 12.2. The predicted octanol–water partition coefficient (Wildman–Crippen LogP) is 5.87. The summed E-state index contributed by atoms with van der Waals surface area (Å²) in [4.78, 5) is 0. The third-order valence-electron chi connectivity index (χ3n) is 3.66. The lowest BCUT2D eigenvalue weighted by molar-refractivity contribution is 0.666. The number of hydrogen-bond donors (Lipinski definition) is 0. The van der Waals surface area contributed by atoms with Crippen LogP contribution < -0.4 is 0 Å². The van der Waals surface area contributed by atoms with Crippen molar-refractivity contribution in [3.8, 4) is 0 Å². The largest absolute Gasteiger partial charge is 0.113 e. The Morgan fingerprint density at radius 1 is 0.737 bits per heavy atom. The molecular formula is C18H31P. The van der Waals surface area contributed by atoms with E-state index in [2.05, 4.69) is 44.5 Å². The monoisotopic (exact) mass is 278 g/mol. The average Bonchev–Trinajstić information content (AvgIpc) is 2.41. The molecule has 0 bridgehead atoms. The summed E-state index contributed by atoms with van der Waals surface area (Å²) < 4.78 is 0. The Morgan fingerprint density at radius 2 is 1.26 bits per heavy atom. The third kappa shape index (κ3) is 8.43. The average molecular weight is 278 g/mol. The molecule has 0 nitrogen and oxygen atoms in total. The Morgan fingerprint density at radius 3 is 1.74 bits per heavy atom. The van der Waals surface area contributed by atoms with E-state index in [0.29, 0.717) is 7.92 Å². The van der Waals surface area contributed by atoms with E-state index < -0.39 is 0 Å². The first kappa shape index (κ1) is 16.7. The molecule has 0 fully saturated rings. The molecule has 1 heteroatoms. The first-order valence-corrected chi connectivity index (χ1v) is 10.4. The van der Waals surface area contributed by atoms with Crippen molar-refractivity contribution in [3.63, 3.8) is 0 Å². The van der Waals surface area contributed by atoms with Gasteiger partial charge in [0.25, 0.3) is 0 Å². The lowest BCUT2D eigenvalue weighted by Gasteiger charge is -2.06. The van der Waals surface area contributed by atoms with Crippen molar-refractivity contribution in [2.75, 3.05) is 19.5 Å². The lowest BCUT2D eigenvalue weighted by atomic mass is 10.0. The summed E-state index contributed by atoms with van der Waals surface area (Å²) in [5.41, 5.74) is 3.04. The molecule has 0 unspecified atom stereocenters. The van der Waals surface area contributed by atoms with Crippen molar-refractivity contribution in [2.24, 2.45) is 0 Å². The molecule has 19 heavy (non-hydrogen) atoms. The number of unbranched alkanes of at least 4 members (excludes halogenated alkanes) is 4. The van der Waals surface area contributed by atoms with E-state index in [9.17, 15) is 0 Å². The fourth-order valence-electron chi connectivity index (χ4n) is 2.39. The Balaban J connectivity index is 2.19. The highest BCUT2D eigenvalue weighted by Gasteiger charge is 1.97. The second-order valence-electron chi connectivity index (χ2n) is 5.89. The van der Waals surface area contributed by atoms with Gasteiger partial charge in [0.05, 0.1) is 0 Å². The van der Waals surface area contributed by atoms with E-state index >= 15 is 0 Å². The molecule has 1 aromatic rings. The summed E-state index contributed by atoms with van der Waals surface area (Å²) >= 11 is 0. The molecule has 0 spiro atoms. The molecule has 0 aliphatic heterocycles. The van der Waals surface area contributed by atoms with Gasteiger partial charge in [0.15, 0.2) is 0 Å². The minimum Gasteiger partial charge on any atom is -0.113 e. The quantitative estimate of drug-likeness (QED) is 0.370. The van der Waals surface area contributed by atoms with E-state index in [1.54, 1.807) is 0 Å². The second kappa shape index (κ2) is 10.4. The van der Waals surface area contributed by atoms with Crippen molar-refractivity contribution in [1.82, 2.24) is 0 Å². The third-order valence-corrected chi connectivity index (χ3v) is 4.87. The maximum atomic E-state index is 2.38. The summed E-state index contributed by atoms with van der Waals surface area (Å²) in [6, 6.07) is 9.37. The maximum absolute atomic E-state index is 2.38. The van der Waals surface area contributed by atoms with Gasteiger partial charge in [-0.05, 0) is 62.7 Å². The molecule has 0 aromatic heterocycles. The molecule has 0 saturated heterocycles. The number of rotatable bonds is 10. The van der Waals surface area contributed by atoms with Crippen molar-refractivity contribution in [2.45, 2.75) is 58.3 Å². The van der Waals surface area contributed by atoms with E-state index in [1.807, 2.05) is 0 Å². The lowest BCUT2D eigenvalue weighted by Crippen LogP contribution is -1.90. The minimum atomic E-state index is 0.304. The normalized spacial score (nSPS) is 11.2. The summed E-state index contributed by atoms with van der Waals surface area (Å²) in [7, 11) is 0.304. The molecule has 0 aliphatic carbocycles. The van der Waals surface area contributed by atoms with Crippen molar-refractivity contribution < 1.29 is 0 Å². The van der Waals surface area contributed by atoms with Crippen LogP contribution in [0.25, 0.3) is 0 Å². The van der Waals surface area contributed by atoms with Gasteiger partial charge in [0.2, 0.25) is 0 Å². The van der Waals surface area contributed by atoms with Gasteiger partial charge in [0, 0.05) is 0 Å². The van der Waals surface area contributed by atoms with Crippen molar-refractivity contribution in [1.29, 1.82) is 0 Å². The topological polar surface area (TPSA) is 0 Å². The Bertz CT molecular complexity index is 313. The van der Waals surface area contributed by atoms with Crippen LogP contribution in [0.2, 0.25) is 0 Å². The Kier molecular flexibility index (Phi) is 9.18. The van der Waals surface area contributed by atoms with Gasteiger partial charge in [-0.25, -0.2) is 0 Å². The molecular weight excluding hydrogens is 247 g/mol. The highest BCUT2D eigenvalue weighted by Crippen LogP contribution is 2.25. The Hall–Kier alpha value is -0.350. The van der Waals surface area contributed by atoms with Gasteiger partial charge < -0.3 is 0 Å². The molecule has 0 amide bonds. The second-order valence-corrected chi connectivity index (χ2v) is 8.49. The minimum absolute atomic E-state index is 0.304. The molecule has 0 saturated carbocycles. The van der Waals surface area contributed by atoms with E-state index in [-0.39, 0.29) is 0 Å². The smallest absolute Gasteiger partial charge is 0.0279 e. The zero-order valence-corrected chi connectivity index (χ0v) is 14.0. The van der Waals surface area contributed by atoms with Crippen LogP contribution in [0.3, 0.4) is 0 Å². The predicted molar refractivity (Wildman–Crippen MR) is 90.9 cm³/mol. The molecule has 0 atom stereocenters. The van der Waals surface area contributed by atoms with Gasteiger partial charge in [-0.1, -0.05) is 50.5 Å². The van der Waals surface area contributed by atoms with Crippen LogP contribution in [0, 0.1) is 0 Å². The van der Waals surface area contributed by atoms with Gasteiger partial charge in [0.1, 0.15) is 0 Å². The summed E-state index contributed by atoms with van der Waals surface area (Å²) in [5, 5.41) is 0. The van der Waals surface area contributed by atoms with Crippen LogP contribution in [0.1, 0.15) is 56.6 Å². The molecule has 0 heterocycles. The maximum Gasteiger partial charge on any atom is -0.0279 e. The standard InChI is InChI=1S/C18H31P/c1-4-5-6-7-10-17-12-14-18(15-13-17)11-8-9-16-19(2)3/h12-15H,4-11,16H2,1-3H3. The fourth-order valence-corrected chi connectivity index (χ4v) is 3.24. The highest BCUT2D eigenvalue weighted by atomic mass is 31.1. The molecule has 108 valence electrons. The van der Waals surface area contributed by atoms with Crippen LogP contribution in [-0.4, -0.2) is 19.5 Å². The number of benzene rings is 1. The number of aryl methyl sites for hydroxylation is 2. The molecule has 0 N–H and O–H groups in total. The van der Waals surface area contributed by atoms with Crippen LogP contribution in [0.5, 0.6) is 0 Å². The van der Waals surface area contributed by atoms with Crippen LogP contribution in [-0.2, 0) is 12.8 Å². The highest BCUT2D eigenvalue weighted by molar-refractivity contribution is 7.55. The van der Waals surface area contributed by atoms with Gasteiger partial charge >= 0.3 is 0 Å².